The number of benzene rings is 1. The summed E-state index contributed by atoms with van der Waals surface area (Å²) in [7, 11) is 0. The van der Waals surface area contributed by atoms with E-state index < -0.39 is 0 Å². The van der Waals surface area contributed by atoms with Crippen molar-refractivity contribution in [3.05, 3.63) is 35.4 Å². The second-order valence-corrected chi connectivity index (χ2v) is 4.99. The standard InChI is InChI=1S/C15H24N2O/c1-2-13-3-5-14(6-4-13)15(18)7-10-17-11-8-16-9-12-17/h3-6,15-16,18H,2,7-12H2,1H3. The molecule has 1 unspecified atom stereocenters. The number of nitrogens with zero attached hydrogens (tertiary/aromatic N) is 1. The van der Waals surface area contributed by atoms with E-state index in [0.29, 0.717) is 0 Å². The summed E-state index contributed by atoms with van der Waals surface area (Å²) < 4.78 is 0. The van der Waals surface area contributed by atoms with Crippen molar-refractivity contribution in [3.8, 4) is 0 Å². The van der Waals surface area contributed by atoms with E-state index in [1.807, 2.05) is 0 Å². The van der Waals surface area contributed by atoms with Crippen LogP contribution in [0, 0.1) is 0 Å². The van der Waals surface area contributed by atoms with Gasteiger partial charge in [-0.25, -0.2) is 0 Å². The van der Waals surface area contributed by atoms with Gasteiger partial charge in [-0.3, -0.25) is 0 Å². The lowest BCUT2D eigenvalue weighted by Gasteiger charge is -2.28. The molecular weight excluding hydrogens is 224 g/mol. The quantitative estimate of drug-likeness (QED) is 0.830. The molecule has 0 aromatic heterocycles. The van der Waals surface area contributed by atoms with E-state index in [1.165, 1.54) is 5.56 Å². The fourth-order valence-corrected chi connectivity index (χ4v) is 2.38. The summed E-state index contributed by atoms with van der Waals surface area (Å²) in [4.78, 5) is 2.42. The van der Waals surface area contributed by atoms with Crippen molar-refractivity contribution in [3.63, 3.8) is 0 Å². The molecule has 3 heteroatoms. The fourth-order valence-electron chi connectivity index (χ4n) is 2.38. The van der Waals surface area contributed by atoms with Crippen molar-refractivity contribution >= 4 is 0 Å². The summed E-state index contributed by atoms with van der Waals surface area (Å²) in [6, 6.07) is 8.34. The van der Waals surface area contributed by atoms with E-state index in [2.05, 4.69) is 41.4 Å². The average Bonchev–Trinajstić information content (AvgIpc) is 2.46. The second-order valence-electron chi connectivity index (χ2n) is 4.99. The normalized spacial score (nSPS) is 18.8. The van der Waals surface area contributed by atoms with Gasteiger partial charge in [0.2, 0.25) is 0 Å². The second kappa shape index (κ2) is 6.88. The molecule has 0 saturated carbocycles. The first kappa shape index (κ1) is 13.5. The molecule has 1 heterocycles. The molecule has 1 aromatic carbocycles. The maximum absolute atomic E-state index is 10.2. The highest BCUT2D eigenvalue weighted by Crippen LogP contribution is 2.18. The van der Waals surface area contributed by atoms with Crippen LogP contribution in [-0.2, 0) is 6.42 Å². The maximum Gasteiger partial charge on any atom is 0.0802 e. The van der Waals surface area contributed by atoms with Gasteiger partial charge < -0.3 is 15.3 Å². The fraction of sp³-hybridized carbons (Fsp3) is 0.600. The summed E-state index contributed by atoms with van der Waals surface area (Å²) in [5.74, 6) is 0. The van der Waals surface area contributed by atoms with Gasteiger partial charge in [0.25, 0.3) is 0 Å². The highest BCUT2D eigenvalue weighted by molar-refractivity contribution is 5.24. The predicted octanol–water partition coefficient (Wildman–Crippen LogP) is 1.58. The van der Waals surface area contributed by atoms with Crippen molar-refractivity contribution in [2.75, 3.05) is 32.7 Å². The number of hydrogen-bond acceptors (Lipinski definition) is 3. The number of hydrogen-bond donors (Lipinski definition) is 2. The van der Waals surface area contributed by atoms with Gasteiger partial charge in [0, 0.05) is 32.7 Å². The van der Waals surface area contributed by atoms with Crippen LogP contribution in [0.1, 0.15) is 30.6 Å². The molecule has 100 valence electrons. The van der Waals surface area contributed by atoms with Crippen LogP contribution in [0.15, 0.2) is 24.3 Å². The lowest BCUT2D eigenvalue weighted by Crippen LogP contribution is -2.44. The van der Waals surface area contributed by atoms with Crippen molar-refractivity contribution in [1.82, 2.24) is 10.2 Å². The van der Waals surface area contributed by atoms with E-state index in [9.17, 15) is 5.11 Å². The Labute approximate surface area is 110 Å². The highest BCUT2D eigenvalue weighted by atomic mass is 16.3. The monoisotopic (exact) mass is 248 g/mol. The Hall–Kier alpha value is -0.900. The Morgan fingerprint density at radius 2 is 1.89 bits per heavy atom. The number of aryl methyl sites for hydroxylation is 1. The highest BCUT2D eigenvalue weighted by Gasteiger charge is 2.12. The molecule has 3 nitrogen and oxygen atoms in total. The van der Waals surface area contributed by atoms with Gasteiger partial charge in [-0.15, -0.1) is 0 Å². The van der Waals surface area contributed by atoms with Crippen LogP contribution in [0.4, 0.5) is 0 Å². The summed E-state index contributed by atoms with van der Waals surface area (Å²) in [5.41, 5.74) is 2.37. The summed E-state index contributed by atoms with van der Waals surface area (Å²) in [6.07, 6.45) is 1.55. The van der Waals surface area contributed by atoms with Crippen LogP contribution in [0.3, 0.4) is 0 Å². The summed E-state index contributed by atoms with van der Waals surface area (Å²) in [6.45, 7) is 7.47. The molecule has 1 atom stereocenters. The topological polar surface area (TPSA) is 35.5 Å². The minimum atomic E-state index is -0.328. The van der Waals surface area contributed by atoms with E-state index in [-0.39, 0.29) is 6.10 Å². The molecule has 18 heavy (non-hydrogen) atoms. The zero-order valence-electron chi connectivity index (χ0n) is 11.2. The molecule has 0 bridgehead atoms. The van der Waals surface area contributed by atoms with Gasteiger partial charge in [-0.1, -0.05) is 31.2 Å². The lowest BCUT2D eigenvalue weighted by molar-refractivity contribution is 0.136. The average molecular weight is 248 g/mol. The predicted molar refractivity (Wildman–Crippen MR) is 74.7 cm³/mol. The molecule has 0 spiro atoms. The Morgan fingerprint density at radius 1 is 1.22 bits per heavy atom. The summed E-state index contributed by atoms with van der Waals surface area (Å²) >= 11 is 0. The molecule has 2 rings (SSSR count). The first-order chi connectivity index (χ1) is 8.79. The van der Waals surface area contributed by atoms with Gasteiger partial charge in [-0.2, -0.15) is 0 Å². The zero-order chi connectivity index (χ0) is 12.8. The van der Waals surface area contributed by atoms with Crippen LogP contribution < -0.4 is 5.32 Å². The molecule has 1 aliphatic heterocycles. The largest absolute Gasteiger partial charge is 0.388 e. The Kier molecular flexibility index (Phi) is 5.17. The van der Waals surface area contributed by atoms with E-state index in [1.54, 1.807) is 0 Å². The van der Waals surface area contributed by atoms with Crippen molar-refractivity contribution < 1.29 is 5.11 Å². The van der Waals surface area contributed by atoms with Crippen molar-refractivity contribution in [2.24, 2.45) is 0 Å². The molecule has 0 aliphatic carbocycles. The van der Waals surface area contributed by atoms with Gasteiger partial charge in [0.15, 0.2) is 0 Å². The number of rotatable bonds is 5. The van der Waals surface area contributed by atoms with E-state index in [4.69, 9.17) is 0 Å². The minimum Gasteiger partial charge on any atom is -0.388 e. The SMILES string of the molecule is CCc1ccc(C(O)CCN2CCNCC2)cc1. The maximum atomic E-state index is 10.2. The molecular formula is C15H24N2O. The van der Waals surface area contributed by atoms with Crippen molar-refractivity contribution in [2.45, 2.75) is 25.9 Å². The van der Waals surface area contributed by atoms with Crippen molar-refractivity contribution in [1.29, 1.82) is 0 Å². The number of nitrogens with one attached hydrogen (secondary N) is 1. The molecule has 1 saturated heterocycles. The number of piperazine rings is 1. The van der Waals surface area contributed by atoms with Crippen LogP contribution in [0.2, 0.25) is 0 Å². The van der Waals surface area contributed by atoms with Gasteiger partial charge in [0.05, 0.1) is 6.10 Å². The smallest absolute Gasteiger partial charge is 0.0802 e. The molecule has 2 N–H and O–H groups in total. The zero-order valence-corrected chi connectivity index (χ0v) is 11.2. The molecule has 1 aliphatic rings. The lowest BCUT2D eigenvalue weighted by atomic mass is 10.0. The van der Waals surface area contributed by atoms with Gasteiger partial charge >= 0.3 is 0 Å². The van der Waals surface area contributed by atoms with E-state index in [0.717, 1.165) is 51.1 Å². The molecule has 1 aromatic rings. The number of aliphatic hydroxyl groups is 1. The molecule has 0 radical (unpaired) electrons. The third-order valence-electron chi connectivity index (χ3n) is 3.70. The third-order valence-corrected chi connectivity index (χ3v) is 3.70. The van der Waals surface area contributed by atoms with Crippen LogP contribution in [-0.4, -0.2) is 42.7 Å². The molecule has 0 amide bonds. The van der Waals surface area contributed by atoms with Gasteiger partial charge in [0.1, 0.15) is 0 Å². The van der Waals surface area contributed by atoms with E-state index >= 15 is 0 Å². The van der Waals surface area contributed by atoms with Gasteiger partial charge in [-0.05, 0) is 24.0 Å². The Bertz CT molecular complexity index is 344. The summed E-state index contributed by atoms with van der Waals surface area (Å²) in [5, 5.41) is 13.5. The first-order valence-electron chi connectivity index (χ1n) is 6.99. The molecule has 1 fully saturated rings. The van der Waals surface area contributed by atoms with Crippen LogP contribution >= 0.6 is 0 Å². The van der Waals surface area contributed by atoms with Crippen LogP contribution in [0.5, 0.6) is 0 Å². The Balaban J connectivity index is 1.80. The third kappa shape index (κ3) is 3.80. The Morgan fingerprint density at radius 3 is 2.50 bits per heavy atom. The first-order valence-corrected chi connectivity index (χ1v) is 6.99. The van der Waals surface area contributed by atoms with Crippen LogP contribution in [0.25, 0.3) is 0 Å². The minimum absolute atomic E-state index is 0.328. The number of aliphatic hydroxyl groups excluding tert-OH is 1.